The number of carbonyl (C=O) groups is 1. The van der Waals surface area contributed by atoms with E-state index in [0.29, 0.717) is 5.84 Å². The molecular formula is C24H19N3O. The molecule has 0 spiro atoms. The molecule has 1 aliphatic rings. The Hall–Kier alpha value is -3.84. The highest BCUT2D eigenvalue weighted by molar-refractivity contribution is 6.39. The van der Waals surface area contributed by atoms with Gasteiger partial charge in [0.2, 0.25) is 5.84 Å². The zero-order valence-corrected chi connectivity index (χ0v) is 15.5. The lowest BCUT2D eigenvalue weighted by atomic mass is 10.1. The lowest BCUT2D eigenvalue weighted by molar-refractivity contribution is -0.111. The summed E-state index contributed by atoms with van der Waals surface area (Å²) in [5.74, 6) is 3.37. The minimum Gasteiger partial charge on any atom is -0.291 e. The Bertz CT molecular complexity index is 1050. The van der Waals surface area contributed by atoms with Gasteiger partial charge in [-0.2, -0.15) is 0 Å². The van der Waals surface area contributed by atoms with Gasteiger partial charge in [0.1, 0.15) is 0 Å². The molecule has 0 aliphatic carbocycles. The van der Waals surface area contributed by atoms with E-state index in [1.807, 2.05) is 96.0 Å². The van der Waals surface area contributed by atoms with Crippen LogP contribution in [0, 0.1) is 12.0 Å². The van der Waals surface area contributed by atoms with Gasteiger partial charge in [-0.3, -0.25) is 9.69 Å². The third-order valence-electron chi connectivity index (χ3n) is 4.43. The number of hydrogen-bond acceptors (Lipinski definition) is 4. The van der Waals surface area contributed by atoms with Crippen molar-refractivity contribution < 1.29 is 4.79 Å². The Kier molecular flexibility index (Phi) is 4.90. The van der Waals surface area contributed by atoms with Gasteiger partial charge < -0.3 is 0 Å². The monoisotopic (exact) mass is 365 g/mol. The van der Waals surface area contributed by atoms with E-state index < -0.39 is 0 Å². The predicted molar refractivity (Wildman–Crippen MR) is 111 cm³/mol. The molecule has 28 heavy (non-hydrogen) atoms. The molecule has 3 aromatic carbocycles. The second kappa shape index (κ2) is 7.81. The van der Waals surface area contributed by atoms with Gasteiger partial charge in [-0.1, -0.05) is 66.7 Å². The summed E-state index contributed by atoms with van der Waals surface area (Å²) >= 11 is 0. The minimum atomic E-state index is -0.321. The van der Waals surface area contributed by atoms with Crippen LogP contribution in [-0.4, -0.2) is 16.5 Å². The average molecular weight is 365 g/mol. The maximum Gasteiger partial charge on any atom is 0.206 e. The number of hydrazone groups is 1. The average Bonchev–Trinajstić information content (AvgIpc) is 3.14. The van der Waals surface area contributed by atoms with Crippen molar-refractivity contribution in [3.63, 3.8) is 0 Å². The van der Waals surface area contributed by atoms with E-state index in [1.165, 1.54) is 6.92 Å². The lowest BCUT2D eigenvalue weighted by Gasteiger charge is -2.28. The summed E-state index contributed by atoms with van der Waals surface area (Å²) in [5.41, 5.74) is 2.79. The molecule has 0 bridgehead atoms. The molecule has 0 radical (unpaired) electrons. The van der Waals surface area contributed by atoms with Gasteiger partial charge in [-0.05, 0) is 35.7 Å². The zero-order valence-electron chi connectivity index (χ0n) is 15.5. The molecule has 3 aromatic rings. The highest BCUT2D eigenvalue weighted by Crippen LogP contribution is 2.35. The first-order chi connectivity index (χ1) is 13.7. The van der Waals surface area contributed by atoms with Crippen LogP contribution in [0.4, 0.5) is 5.69 Å². The van der Waals surface area contributed by atoms with Crippen LogP contribution < -0.4 is 5.01 Å². The molecule has 0 saturated carbocycles. The number of nitrogens with zero attached hydrogens (tertiary/aromatic N) is 3. The van der Waals surface area contributed by atoms with Gasteiger partial charge >= 0.3 is 0 Å². The number of Topliss-reactive ketones (excluding diaryl/α,β-unsaturated/α-hetero) is 1. The summed E-state index contributed by atoms with van der Waals surface area (Å²) in [6.45, 7) is 1.52. The van der Waals surface area contributed by atoms with Crippen molar-refractivity contribution in [3.05, 3.63) is 102 Å². The van der Waals surface area contributed by atoms with Crippen molar-refractivity contribution in [2.75, 3.05) is 5.01 Å². The Balaban J connectivity index is 1.82. The maximum atomic E-state index is 12.4. The fourth-order valence-corrected chi connectivity index (χ4v) is 3.13. The van der Waals surface area contributed by atoms with Crippen molar-refractivity contribution in [1.29, 1.82) is 0 Å². The molecule has 136 valence electrons. The van der Waals surface area contributed by atoms with Crippen LogP contribution in [0.2, 0.25) is 0 Å². The van der Waals surface area contributed by atoms with E-state index in [9.17, 15) is 4.79 Å². The van der Waals surface area contributed by atoms with Crippen LogP contribution in [0.25, 0.3) is 0 Å². The number of carbonyl (C=O) groups excluding carboxylic acids is 1. The second-order valence-corrected chi connectivity index (χ2v) is 6.42. The van der Waals surface area contributed by atoms with Crippen molar-refractivity contribution in [2.24, 2.45) is 5.10 Å². The Morgan fingerprint density at radius 2 is 1.43 bits per heavy atom. The Morgan fingerprint density at radius 1 is 0.857 bits per heavy atom. The number of ketones is 1. The molecule has 0 unspecified atom stereocenters. The topological polar surface area (TPSA) is 35.9 Å². The van der Waals surface area contributed by atoms with Crippen molar-refractivity contribution in [2.45, 2.75) is 13.1 Å². The summed E-state index contributed by atoms with van der Waals surface area (Å²) in [7, 11) is 0. The third kappa shape index (κ3) is 3.51. The quantitative estimate of drug-likeness (QED) is 0.645. The Morgan fingerprint density at radius 3 is 2.04 bits per heavy atom. The molecule has 4 nitrogen and oxygen atoms in total. The van der Waals surface area contributed by atoms with Crippen LogP contribution in [0.1, 0.15) is 24.2 Å². The van der Waals surface area contributed by atoms with Gasteiger partial charge in [0.05, 0.1) is 5.69 Å². The molecule has 4 heteroatoms. The first-order valence-electron chi connectivity index (χ1n) is 9.09. The summed E-state index contributed by atoms with van der Waals surface area (Å²) in [6.07, 6.45) is -0.321. The number of benzene rings is 3. The molecule has 0 aromatic heterocycles. The normalized spacial score (nSPS) is 15.6. The molecule has 0 amide bonds. The SMILES string of the molecule is CC(=O)C1=NN(c2ccccc2)[C@H](c2ccccc2)N1C#Cc1ccccc1. The first-order valence-corrected chi connectivity index (χ1v) is 9.09. The summed E-state index contributed by atoms with van der Waals surface area (Å²) in [4.78, 5) is 14.1. The van der Waals surface area contributed by atoms with E-state index in [2.05, 4.69) is 17.1 Å². The number of hydrogen-bond donors (Lipinski definition) is 0. The minimum absolute atomic E-state index is 0.123. The fourth-order valence-electron chi connectivity index (χ4n) is 3.13. The van der Waals surface area contributed by atoms with E-state index in [4.69, 9.17) is 0 Å². The van der Waals surface area contributed by atoms with Gasteiger partial charge in [-0.25, -0.2) is 5.01 Å². The predicted octanol–water partition coefficient (Wildman–Crippen LogP) is 4.42. The third-order valence-corrected chi connectivity index (χ3v) is 4.43. The smallest absolute Gasteiger partial charge is 0.206 e. The zero-order chi connectivity index (χ0) is 19.3. The van der Waals surface area contributed by atoms with Crippen LogP contribution in [-0.2, 0) is 4.79 Å². The van der Waals surface area contributed by atoms with Crippen LogP contribution in [0.15, 0.2) is 96.1 Å². The van der Waals surface area contributed by atoms with Crippen LogP contribution in [0.5, 0.6) is 0 Å². The number of para-hydroxylation sites is 1. The summed E-state index contributed by atoms with van der Waals surface area (Å²) < 4.78 is 0. The second-order valence-electron chi connectivity index (χ2n) is 6.42. The molecule has 1 heterocycles. The molecule has 0 saturated heterocycles. The van der Waals surface area contributed by atoms with Gasteiger partial charge in [0, 0.05) is 18.5 Å². The molecular weight excluding hydrogens is 346 g/mol. The van der Waals surface area contributed by atoms with Gasteiger partial charge in [0.15, 0.2) is 11.9 Å². The van der Waals surface area contributed by atoms with Crippen LogP contribution in [0.3, 0.4) is 0 Å². The number of amidine groups is 1. The maximum absolute atomic E-state index is 12.4. The number of anilines is 1. The van der Waals surface area contributed by atoms with E-state index in [0.717, 1.165) is 16.8 Å². The summed E-state index contributed by atoms with van der Waals surface area (Å²) in [5, 5.41) is 6.49. The van der Waals surface area contributed by atoms with Crippen molar-refractivity contribution >= 4 is 17.3 Å². The molecule has 4 rings (SSSR count). The van der Waals surface area contributed by atoms with E-state index in [-0.39, 0.29) is 11.9 Å². The van der Waals surface area contributed by atoms with E-state index >= 15 is 0 Å². The molecule has 1 atom stereocenters. The van der Waals surface area contributed by atoms with Gasteiger partial charge in [0.25, 0.3) is 0 Å². The lowest BCUT2D eigenvalue weighted by Crippen LogP contribution is -2.34. The van der Waals surface area contributed by atoms with Crippen molar-refractivity contribution in [1.82, 2.24) is 4.90 Å². The standard InChI is InChI=1S/C24H19N3O/c1-19(28)23-25-27(22-15-9-4-10-16-22)24(21-13-7-3-8-14-21)26(23)18-17-20-11-5-2-6-12-20/h2-16,24H,1H3/t24-/m1/s1. The molecule has 0 fully saturated rings. The fraction of sp³-hybridized carbons (Fsp3) is 0.0833. The highest BCUT2D eigenvalue weighted by atomic mass is 16.1. The Labute approximate surface area is 164 Å². The largest absolute Gasteiger partial charge is 0.291 e. The first kappa shape index (κ1) is 17.6. The van der Waals surface area contributed by atoms with Crippen LogP contribution >= 0.6 is 0 Å². The highest BCUT2D eigenvalue weighted by Gasteiger charge is 2.37. The van der Waals surface area contributed by atoms with E-state index in [1.54, 1.807) is 4.90 Å². The number of rotatable bonds is 3. The summed E-state index contributed by atoms with van der Waals surface area (Å²) in [6, 6.07) is 32.7. The molecule has 0 N–H and O–H groups in total. The van der Waals surface area contributed by atoms with Crippen molar-refractivity contribution in [3.8, 4) is 12.0 Å². The van der Waals surface area contributed by atoms with Gasteiger partial charge in [-0.15, -0.1) is 5.10 Å². The molecule has 1 aliphatic heterocycles.